The lowest BCUT2D eigenvalue weighted by Crippen LogP contribution is -2.23. The summed E-state index contributed by atoms with van der Waals surface area (Å²) in [5, 5.41) is 5.27. The molecule has 0 amide bonds. The van der Waals surface area contributed by atoms with Crippen LogP contribution in [0.15, 0.2) is 53.4 Å². The molecule has 0 saturated heterocycles. The van der Waals surface area contributed by atoms with Crippen molar-refractivity contribution >= 4 is 15.8 Å². The molecule has 1 aliphatic carbocycles. The van der Waals surface area contributed by atoms with Crippen LogP contribution in [0.4, 0.5) is 0 Å². The van der Waals surface area contributed by atoms with Gasteiger partial charge in [0.15, 0.2) is 5.78 Å². The normalized spacial score (nSPS) is 15.4. The highest BCUT2D eigenvalue weighted by Crippen LogP contribution is 2.39. The Balaban J connectivity index is 1.90. The van der Waals surface area contributed by atoms with Gasteiger partial charge < -0.3 is 4.57 Å². The van der Waals surface area contributed by atoms with Gasteiger partial charge in [0.2, 0.25) is 10.0 Å². The van der Waals surface area contributed by atoms with E-state index in [1.807, 2.05) is 24.5 Å². The monoisotopic (exact) mass is 450 g/mol. The van der Waals surface area contributed by atoms with Gasteiger partial charge in [-0.15, -0.1) is 0 Å². The molecule has 0 aliphatic heterocycles. The first-order valence-corrected chi connectivity index (χ1v) is 12.6. The molecule has 168 valence electrons. The summed E-state index contributed by atoms with van der Waals surface area (Å²) in [5.74, 6) is 0.0859. The molecular formula is C26H30N2O3S. The standard InChI is InChI=1S/C26H30N2O3S/c1-5-25(29)22-16-24(19-8-13-23-18(15-19)7-6-14-26(23,3)4)28(17(22)2)20-9-11-21(12-10-20)32(27,30)31/h8-13,15-16H,5-7,14H2,1-4H3,(H2,27,30,31). The van der Waals surface area contributed by atoms with Crippen LogP contribution in [0.2, 0.25) is 0 Å². The van der Waals surface area contributed by atoms with E-state index in [2.05, 4.69) is 32.0 Å². The Morgan fingerprint density at radius 3 is 2.41 bits per heavy atom. The maximum atomic E-state index is 12.7. The molecule has 1 heterocycles. The Hall–Kier alpha value is -2.70. The Bertz CT molecular complexity index is 1300. The summed E-state index contributed by atoms with van der Waals surface area (Å²) < 4.78 is 25.4. The summed E-state index contributed by atoms with van der Waals surface area (Å²) in [5.41, 5.74) is 7.21. The number of sulfonamides is 1. The van der Waals surface area contributed by atoms with Gasteiger partial charge in [-0.25, -0.2) is 13.6 Å². The summed E-state index contributed by atoms with van der Waals surface area (Å²) in [6, 6.07) is 15.0. The zero-order chi connectivity index (χ0) is 23.3. The first-order chi connectivity index (χ1) is 15.0. The number of ketones is 1. The van der Waals surface area contributed by atoms with E-state index in [0.29, 0.717) is 12.0 Å². The van der Waals surface area contributed by atoms with Crippen LogP contribution in [0, 0.1) is 6.92 Å². The van der Waals surface area contributed by atoms with Crippen molar-refractivity contribution in [3.05, 3.63) is 70.9 Å². The van der Waals surface area contributed by atoms with Gasteiger partial charge in [-0.1, -0.05) is 32.9 Å². The average molecular weight is 451 g/mol. The highest BCUT2D eigenvalue weighted by Gasteiger charge is 2.28. The number of nitrogens with zero attached hydrogens (tertiary/aromatic N) is 1. The van der Waals surface area contributed by atoms with Crippen LogP contribution in [0.3, 0.4) is 0 Å². The number of rotatable bonds is 5. The molecule has 0 fully saturated rings. The third kappa shape index (κ3) is 3.93. The SMILES string of the molecule is CCC(=O)c1cc(-c2ccc3c(c2)CCCC3(C)C)n(-c2ccc(S(N)(=O)=O)cc2)c1C. The molecule has 1 aliphatic rings. The minimum Gasteiger partial charge on any atom is -0.313 e. The van der Waals surface area contributed by atoms with Gasteiger partial charge in [0.25, 0.3) is 0 Å². The predicted octanol–water partition coefficient (Wildman–Crippen LogP) is 5.31. The molecule has 2 N–H and O–H groups in total. The Kier molecular flexibility index (Phi) is 5.63. The van der Waals surface area contributed by atoms with Crippen molar-refractivity contribution < 1.29 is 13.2 Å². The van der Waals surface area contributed by atoms with Crippen LogP contribution in [0.25, 0.3) is 16.9 Å². The van der Waals surface area contributed by atoms with Crippen LogP contribution in [-0.2, 0) is 21.9 Å². The summed E-state index contributed by atoms with van der Waals surface area (Å²) in [7, 11) is -3.77. The van der Waals surface area contributed by atoms with Gasteiger partial charge in [0.05, 0.1) is 10.6 Å². The highest BCUT2D eigenvalue weighted by molar-refractivity contribution is 7.89. The summed E-state index contributed by atoms with van der Waals surface area (Å²) in [6.07, 6.45) is 3.82. The van der Waals surface area contributed by atoms with Crippen LogP contribution >= 0.6 is 0 Å². The van der Waals surface area contributed by atoms with E-state index in [0.717, 1.165) is 35.5 Å². The maximum absolute atomic E-state index is 12.7. The fourth-order valence-electron chi connectivity index (χ4n) is 4.89. The number of Topliss-reactive ketones (excluding diaryl/α,β-unsaturated/α-hetero) is 1. The molecule has 0 saturated carbocycles. The lowest BCUT2D eigenvalue weighted by Gasteiger charge is -2.33. The fourth-order valence-corrected chi connectivity index (χ4v) is 5.40. The van der Waals surface area contributed by atoms with Gasteiger partial charge in [-0.2, -0.15) is 0 Å². The predicted molar refractivity (Wildman–Crippen MR) is 128 cm³/mol. The first kappa shape index (κ1) is 22.5. The number of benzene rings is 2. The van der Waals surface area contributed by atoms with Crippen LogP contribution in [0.1, 0.15) is 67.2 Å². The van der Waals surface area contributed by atoms with Crippen molar-refractivity contribution in [2.24, 2.45) is 5.14 Å². The van der Waals surface area contributed by atoms with Crippen LogP contribution in [0.5, 0.6) is 0 Å². The lowest BCUT2D eigenvalue weighted by molar-refractivity contribution is 0.0987. The molecule has 4 rings (SSSR count). The molecule has 0 unspecified atom stereocenters. The topological polar surface area (TPSA) is 82.2 Å². The number of hydrogen-bond acceptors (Lipinski definition) is 3. The second kappa shape index (κ2) is 8.01. The number of primary sulfonamides is 1. The van der Waals surface area contributed by atoms with E-state index in [4.69, 9.17) is 5.14 Å². The lowest BCUT2D eigenvalue weighted by atomic mass is 9.72. The third-order valence-electron chi connectivity index (χ3n) is 6.67. The molecule has 5 nitrogen and oxygen atoms in total. The molecular weight excluding hydrogens is 420 g/mol. The minimum atomic E-state index is -3.77. The fraction of sp³-hybridized carbons (Fsp3) is 0.346. The van der Waals surface area contributed by atoms with Crippen molar-refractivity contribution in [2.45, 2.75) is 63.7 Å². The number of aromatic nitrogens is 1. The molecule has 0 atom stereocenters. The van der Waals surface area contributed by atoms with Crippen LogP contribution < -0.4 is 5.14 Å². The molecule has 2 aromatic carbocycles. The molecule has 0 radical (unpaired) electrons. The van der Waals surface area contributed by atoms with E-state index in [9.17, 15) is 13.2 Å². The number of fused-ring (bicyclic) bond motifs is 1. The Morgan fingerprint density at radius 1 is 1.09 bits per heavy atom. The number of aryl methyl sites for hydroxylation is 1. The van der Waals surface area contributed by atoms with Crippen molar-refractivity contribution in [3.8, 4) is 16.9 Å². The number of hydrogen-bond donors (Lipinski definition) is 1. The Morgan fingerprint density at radius 2 is 1.78 bits per heavy atom. The molecule has 3 aromatic rings. The molecule has 32 heavy (non-hydrogen) atoms. The number of carbonyl (C=O) groups is 1. The smallest absolute Gasteiger partial charge is 0.238 e. The van der Waals surface area contributed by atoms with Gasteiger partial charge in [-0.05, 0) is 84.7 Å². The quantitative estimate of drug-likeness (QED) is 0.535. The van der Waals surface area contributed by atoms with Crippen molar-refractivity contribution in [1.29, 1.82) is 0 Å². The second-order valence-electron chi connectivity index (χ2n) is 9.29. The summed E-state index contributed by atoms with van der Waals surface area (Å²) in [4.78, 5) is 12.7. The molecule has 0 spiro atoms. The molecule has 0 bridgehead atoms. The maximum Gasteiger partial charge on any atom is 0.238 e. The van der Waals surface area contributed by atoms with Crippen molar-refractivity contribution in [3.63, 3.8) is 0 Å². The van der Waals surface area contributed by atoms with E-state index < -0.39 is 10.0 Å². The average Bonchev–Trinajstić information content (AvgIpc) is 3.09. The van der Waals surface area contributed by atoms with E-state index >= 15 is 0 Å². The first-order valence-electron chi connectivity index (χ1n) is 11.1. The van der Waals surface area contributed by atoms with Crippen molar-refractivity contribution in [1.82, 2.24) is 4.57 Å². The summed E-state index contributed by atoms with van der Waals surface area (Å²) >= 11 is 0. The van der Waals surface area contributed by atoms with Gasteiger partial charge in [-0.3, -0.25) is 4.79 Å². The van der Waals surface area contributed by atoms with Gasteiger partial charge in [0.1, 0.15) is 0 Å². The molecule has 1 aromatic heterocycles. The Labute approximate surface area is 190 Å². The van der Waals surface area contributed by atoms with Crippen molar-refractivity contribution in [2.75, 3.05) is 0 Å². The van der Waals surface area contributed by atoms with Gasteiger partial charge in [0, 0.05) is 23.4 Å². The van der Waals surface area contributed by atoms with Crippen LogP contribution in [-0.4, -0.2) is 18.8 Å². The van der Waals surface area contributed by atoms with E-state index in [1.165, 1.54) is 29.7 Å². The highest BCUT2D eigenvalue weighted by atomic mass is 32.2. The largest absolute Gasteiger partial charge is 0.313 e. The number of nitrogens with two attached hydrogens (primary N) is 1. The minimum absolute atomic E-state index is 0.0634. The zero-order valence-corrected chi connectivity index (χ0v) is 19.9. The van der Waals surface area contributed by atoms with E-state index in [1.54, 1.807) is 12.1 Å². The van der Waals surface area contributed by atoms with Gasteiger partial charge >= 0.3 is 0 Å². The third-order valence-corrected chi connectivity index (χ3v) is 7.60. The second-order valence-corrected chi connectivity index (χ2v) is 10.9. The van der Waals surface area contributed by atoms with E-state index in [-0.39, 0.29) is 16.1 Å². The zero-order valence-electron chi connectivity index (χ0n) is 19.1. The molecule has 6 heteroatoms. The summed E-state index contributed by atoms with van der Waals surface area (Å²) in [6.45, 7) is 8.38. The number of carbonyl (C=O) groups excluding carboxylic acids is 1.